The van der Waals surface area contributed by atoms with Gasteiger partial charge < -0.3 is 39.8 Å². The molecule has 0 aromatic carbocycles. The van der Waals surface area contributed by atoms with Gasteiger partial charge in [-0.3, -0.25) is 0 Å². The Morgan fingerprint density at radius 2 is 0.724 bits per heavy atom. The van der Waals surface area contributed by atoms with E-state index >= 15 is 0 Å². The standard InChI is InChI=1S/C39H84O9S7Si3/c1-10-40-56(41-11-2,42-12-3)33-19-27-49-30-24-37-22-23-38(25-31-52-54-50-28-20-34-57(43-13-4,44-14-5)45-15-6)39(36-37)26-32-53-55-51-29-21-35-58(46-16-7,47-17-8)48-18-9/h37-39H,10-36H2,1-9H3. The molecule has 3 unspecified atom stereocenters. The molecular formula is C39H84O9S7Si3. The summed E-state index contributed by atoms with van der Waals surface area (Å²) < 4.78 is 54.5. The van der Waals surface area contributed by atoms with Crippen LogP contribution in [0.25, 0.3) is 0 Å². The Hall–Kier alpha value is 2.74. The SMILES string of the molecule is CCO[Si](CCCSCCC1CCC(CCSSSCCC[Si](OCC)(OCC)OCC)C(CCSSSCCC[Si](OCC)(OCC)OCC)C1)(OCC)OCC. The number of rotatable bonds is 43. The van der Waals surface area contributed by atoms with Gasteiger partial charge in [-0.25, -0.2) is 0 Å². The first kappa shape index (κ1) is 58.8. The maximum Gasteiger partial charge on any atom is 0.500 e. The summed E-state index contributed by atoms with van der Waals surface area (Å²) in [5.74, 6) is 9.60. The second kappa shape index (κ2) is 39.0. The monoisotopic (exact) mass is 1000 g/mol. The second-order valence-corrected chi connectivity index (χ2v) is 32.2. The van der Waals surface area contributed by atoms with Gasteiger partial charge in [-0.05, 0) is 163 Å². The first-order valence-corrected chi connectivity index (χ1v) is 37.0. The zero-order chi connectivity index (χ0) is 42.6. The van der Waals surface area contributed by atoms with Crippen LogP contribution >= 0.6 is 74.6 Å². The van der Waals surface area contributed by atoms with E-state index in [2.05, 4.69) is 33.3 Å². The maximum atomic E-state index is 6.08. The topological polar surface area (TPSA) is 83.1 Å². The van der Waals surface area contributed by atoms with E-state index in [0.717, 1.165) is 72.4 Å². The van der Waals surface area contributed by atoms with Gasteiger partial charge in [0.05, 0.1) is 0 Å². The van der Waals surface area contributed by atoms with E-state index in [-0.39, 0.29) is 0 Å². The summed E-state index contributed by atoms with van der Waals surface area (Å²) in [6, 6.07) is 2.71. The van der Waals surface area contributed by atoms with Crippen LogP contribution in [-0.2, 0) is 39.8 Å². The molecule has 0 amide bonds. The third-order valence-electron chi connectivity index (χ3n) is 9.73. The molecule has 0 saturated heterocycles. The van der Waals surface area contributed by atoms with Crippen LogP contribution in [0.2, 0.25) is 18.1 Å². The third-order valence-corrected chi connectivity index (χ3v) is 29.0. The van der Waals surface area contributed by atoms with Crippen molar-refractivity contribution in [3.8, 4) is 0 Å². The fourth-order valence-corrected chi connectivity index (χ4v) is 25.0. The lowest BCUT2D eigenvalue weighted by Gasteiger charge is -2.36. The summed E-state index contributed by atoms with van der Waals surface area (Å²) in [7, 11) is 4.40. The molecule has 0 aromatic rings. The summed E-state index contributed by atoms with van der Waals surface area (Å²) in [5.41, 5.74) is 0. The minimum Gasteiger partial charge on any atom is -0.374 e. The van der Waals surface area contributed by atoms with Crippen LogP contribution in [0.5, 0.6) is 0 Å². The molecule has 1 fully saturated rings. The van der Waals surface area contributed by atoms with E-state index in [0.29, 0.717) is 59.5 Å². The van der Waals surface area contributed by atoms with Crippen molar-refractivity contribution in [1.82, 2.24) is 0 Å². The van der Waals surface area contributed by atoms with Crippen LogP contribution in [0.4, 0.5) is 0 Å². The van der Waals surface area contributed by atoms with Gasteiger partial charge in [0.25, 0.3) is 0 Å². The number of hydrogen-bond acceptors (Lipinski definition) is 16. The highest BCUT2D eigenvalue weighted by Gasteiger charge is 2.41. The number of thioether (sulfide) groups is 1. The number of hydrogen-bond donors (Lipinski definition) is 0. The van der Waals surface area contributed by atoms with Crippen molar-refractivity contribution < 1.29 is 39.8 Å². The molecule has 3 atom stereocenters. The molecule has 1 aliphatic rings. The second-order valence-electron chi connectivity index (χ2n) is 13.9. The Bertz CT molecular complexity index is 882. The van der Waals surface area contributed by atoms with Crippen molar-refractivity contribution in [3.05, 3.63) is 0 Å². The lowest BCUT2D eigenvalue weighted by Crippen LogP contribution is -2.46. The Morgan fingerprint density at radius 3 is 1.10 bits per heavy atom. The van der Waals surface area contributed by atoms with Crippen LogP contribution in [0.1, 0.15) is 120 Å². The van der Waals surface area contributed by atoms with Crippen molar-refractivity contribution in [2.45, 2.75) is 138 Å². The highest BCUT2D eigenvalue weighted by molar-refractivity contribution is 9.09. The molecule has 1 rings (SSSR count). The van der Waals surface area contributed by atoms with E-state index in [1.807, 2.05) is 104 Å². The van der Waals surface area contributed by atoms with E-state index in [9.17, 15) is 0 Å². The molecule has 0 aromatic heterocycles. The lowest BCUT2D eigenvalue weighted by atomic mass is 9.71. The lowest BCUT2D eigenvalue weighted by molar-refractivity contribution is 0.0704. The molecule has 0 heterocycles. The van der Waals surface area contributed by atoms with Gasteiger partial charge in [-0.15, -0.1) is 0 Å². The highest BCUT2D eigenvalue weighted by Crippen LogP contribution is 2.44. The van der Waals surface area contributed by atoms with Crippen LogP contribution in [-0.4, -0.2) is 120 Å². The minimum absolute atomic E-state index is 0.644. The largest absolute Gasteiger partial charge is 0.500 e. The van der Waals surface area contributed by atoms with Crippen molar-refractivity contribution in [2.75, 3.05) is 94.0 Å². The van der Waals surface area contributed by atoms with Crippen molar-refractivity contribution >= 4 is 101 Å². The first-order chi connectivity index (χ1) is 28.3. The normalized spacial score (nSPS) is 18.1. The van der Waals surface area contributed by atoms with E-state index < -0.39 is 26.4 Å². The van der Waals surface area contributed by atoms with Gasteiger partial charge in [0.15, 0.2) is 0 Å². The Labute approximate surface area is 387 Å². The molecule has 0 bridgehead atoms. The van der Waals surface area contributed by atoms with Gasteiger partial charge in [-0.1, -0.05) is 49.6 Å². The molecule has 1 saturated carbocycles. The summed E-state index contributed by atoms with van der Waals surface area (Å²) in [6.45, 7) is 24.1. The van der Waals surface area contributed by atoms with E-state index in [1.54, 1.807) is 0 Å². The first-order valence-electron chi connectivity index (χ1n) is 22.4. The van der Waals surface area contributed by atoms with Crippen LogP contribution in [0, 0.1) is 17.8 Å². The average molecular weight is 1010 g/mol. The third kappa shape index (κ3) is 26.6. The Kier molecular flexibility index (Phi) is 39.5. The molecule has 19 heteroatoms. The van der Waals surface area contributed by atoms with Crippen molar-refractivity contribution in [1.29, 1.82) is 0 Å². The maximum absolute atomic E-state index is 6.08. The predicted octanol–water partition coefficient (Wildman–Crippen LogP) is 13.3. The molecule has 58 heavy (non-hydrogen) atoms. The zero-order valence-corrected chi connectivity index (χ0v) is 46.6. The van der Waals surface area contributed by atoms with Crippen LogP contribution in [0.3, 0.4) is 0 Å². The molecule has 9 nitrogen and oxygen atoms in total. The van der Waals surface area contributed by atoms with E-state index in [4.69, 9.17) is 39.8 Å². The molecule has 0 N–H and O–H groups in total. The molecular weight excluding hydrogens is 921 g/mol. The highest BCUT2D eigenvalue weighted by atomic mass is 33.5. The van der Waals surface area contributed by atoms with Gasteiger partial charge in [0.1, 0.15) is 0 Å². The predicted molar refractivity (Wildman–Crippen MR) is 271 cm³/mol. The van der Waals surface area contributed by atoms with E-state index in [1.165, 1.54) is 55.8 Å². The fourth-order valence-electron chi connectivity index (χ4n) is 7.46. The van der Waals surface area contributed by atoms with Gasteiger partial charge in [0.2, 0.25) is 0 Å². The smallest absolute Gasteiger partial charge is 0.374 e. The minimum atomic E-state index is -2.54. The average Bonchev–Trinajstić information content (AvgIpc) is 3.19. The Balaban J connectivity index is 2.58. The van der Waals surface area contributed by atoms with Gasteiger partial charge >= 0.3 is 26.4 Å². The summed E-state index contributed by atoms with van der Waals surface area (Å²) in [4.78, 5) is 0. The zero-order valence-electron chi connectivity index (χ0n) is 37.9. The Morgan fingerprint density at radius 1 is 0.379 bits per heavy atom. The molecule has 0 spiro atoms. The summed E-state index contributed by atoms with van der Waals surface area (Å²) >= 11 is 2.11. The molecule has 348 valence electrons. The summed E-state index contributed by atoms with van der Waals surface area (Å²) in [5, 5.41) is 0. The van der Waals surface area contributed by atoms with Gasteiger partial charge in [-0.2, -0.15) is 11.8 Å². The summed E-state index contributed by atoms with van der Waals surface area (Å²) in [6.07, 6.45) is 11.4. The molecule has 1 aliphatic carbocycles. The van der Waals surface area contributed by atoms with Crippen molar-refractivity contribution in [2.24, 2.45) is 17.8 Å². The molecule has 0 aliphatic heterocycles. The molecule has 0 radical (unpaired) electrons. The van der Waals surface area contributed by atoms with Crippen LogP contribution < -0.4 is 0 Å². The fraction of sp³-hybridized carbons (Fsp3) is 1.00. The quantitative estimate of drug-likeness (QED) is 0.0330. The van der Waals surface area contributed by atoms with Gasteiger partial charge in [0, 0.05) is 101 Å². The van der Waals surface area contributed by atoms with Crippen molar-refractivity contribution in [3.63, 3.8) is 0 Å². The van der Waals surface area contributed by atoms with Crippen LogP contribution in [0.15, 0.2) is 0 Å².